The molecule has 4 aromatic rings. The van der Waals surface area contributed by atoms with Gasteiger partial charge in [-0.15, -0.1) is 0 Å². The van der Waals surface area contributed by atoms with Crippen LogP contribution in [0, 0.1) is 5.82 Å². The van der Waals surface area contributed by atoms with Gasteiger partial charge in [0.2, 0.25) is 5.95 Å². The summed E-state index contributed by atoms with van der Waals surface area (Å²) in [6.45, 7) is 0.303. The Morgan fingerprint density at radius 2 is 1.68 bits per heavy atom. The molecule has 7 nitrogen and oxygen atoms in total. The molecule has 2 N–H and O–H groups in total. The molecule has 172 valence electrons. The summed E-state index contributed by atoms with van der Waals surface area (Å²) in [4.78, 5) is 21.3. The number of aromatic nitrogens is 2. The van der Waals surface area contributed by atoms with Crippen molar-refractivity contribution in [2.75, 3.05) is 19.5 Å². The highest BCUT2D eigenvalue weighted by atomic mass is 19.1. The Bertz CT molecular complexity index is 1280. The molecule has 8 heteroatoms. The molecule has 0 saturated heterocycles. The first kappa shape index (κ1) is 22.7. The molecule has 4 rings (SSSR count). The van der Waals surface area contributed by atoms with Crippen LogP contribution in [-0.2, 0) is 6.54 Å². The van der Waals surface area contributed by atoms with Crippen molar-refractivity contribution in [2.45, 2.75) is 6.54 Å². The second-order valence-corrected chi connectivity index (χ2v) is 7.37. The molecule has 3 aromatic carbocycles. The highest BCUT2D eigenvalue weighted by molar-refractivity contribution is 5.95. The molecule has 1 aromatic heterocycles. The van der Waals surface area contributed by atoms with Crippen molar-refractivity contribution < 1.29 is 18.7 Å². The largest absolute Gasteiger partial charge is 0.497 e. The van der Waals surface area contributed by atoms with E-state index in [9.17, 15) is 9.18 Å². The van der Waals surface area contributed by atoms with E-state index in [1.54, 1.807) is 63.0 Å². The third-order valence-corrected chi connectivity index (χ3v) is 5.14. The second-order valence-electron chi connectivity index (χ2n) is 7.37. The number of benzene rings is 3. The van der Waals surface area contributed by atoms with Gasteiger partial charge >= 0.3 is 0 Å². The summed E-state index contributed by atoms with van der Waals surface area (Å²) in [5, 5.41) is 6.00. The van der Waals surface area contributed by atoms with E-state index in [-0.39, 0.29) is 11.7 Å². The average Bonchev–Trinajstić information content (AvgIpc) is 2.88. The summed E-state index contributed by atoms with van der Waals surface area (Å²) in [7, 11) is 3.16. The first-order valence-corrected chi connectivity index (χ1v) is 10.5. The van der Waals surface area contributed by atoms with E-state index in [2.05, 4.69) is 20.6 Å². The number of halogens is 1. The molecule has 1 amide bonds. The van der Waals surface area contributed by atoms with Crippen LogP contribution in [0.4, 0.5) is 16.0 Å². The Labute approximate surface area is 196 Å². The number of methoxy groups -OCH3 is 2. The highest BCUT2D eigenvalue weighted by Crippen LogP contribution is 2.25. The minimum Gasteiger partial charge on any atom is -0.497 e. The quantitative estimate of drug-likeness (QED) is 0.388. The summed E-state index contributed by atoms with van der Waals surface area (Å²) >= 11 is 0. The van der Waals surface area contributed by atoms with Gasteiger partial charge in [-0.2, -0.15) is 0 Å². The van der Waals surface area contributed by atoms with E-state index in [0.29, 0.717) is 35.2 Å². The average molecular weight is 458 g/mol. The van der Waals surface area contributed by atoms with Gasteiger partial charge in [0.15, 0.2) is 0 Å². The summed E-state index contributed by atoms with van der Waals surface area (Å²) in [6.07, 6.45) is 3.31. The van der Waals surface area contributed by atoms with E-state index in [1.165, 1.54) is 12.1 Å². The highest BCUT2D eigenvalue weighted by Gasteiger charge is 2.10. The fourth-order valence-corrected chi connectivity index (χ4v) is 3.33. The van der Waals surface area contributed by atoms with Crippen LogP contribution >= 0.6 is 0 Å². The van der Waals surface area contributed by atoms with E-state index < -0.39 is 0 Å². The Kier molecular flexibility index (Phi) is 6.98. The van der Waals surface area contributed by atoms with Gasteiger partial charge in [0.05, 0.1) is 14.2 Å². The first-order valence-electron chi connectivity index (χ1n) is 10.5. The predicted octanol–water partition coefficient (Wildman–Crippen LogP) is 4.97. The number of anilines is 2. The number of hydrogen-bond acceptors (Lipinski definition) is 6. The van der Waals surface area contributed by atoms with E-state index in [0.717, 1.165) is 16.7 Å². The monoisotopic (exact) mass is 458 g/mol. The Morgan fingerprint density at radius 3 is 2.38 bits per heavy atom. The maximum Gasteiger partial charge on any atom is 0.251 e. The Morgan fingerprint density at radius 1 is 0.912 bits per heavy atom. The molecule has 0 spiro atoms. The van der Waals surface area contributed by atoms with Crippen LogP contribution in [0.5, 0.6) is 11.5 Å². The molecule has 0 fully saturated rings. The molecule has 0 unspecified atom stereocenters. The molecule has 0 aliphatic heterocycles. The van der Waals surface area contributed by atoms with Gasteiger partial charge in [0.1, 0.15) is 17.3 Å². The van der Waals surface area contributed by atoms with Crippen LogP contribution in [0.25, 0.3) is 11.1 Å². The first-order chi connectivity index (χ1) is 16.6. The molecular formula is C26H23FN4O3. The normalized spacial score (nSPS) is 10.4. The number of nitrogens with one attached hydrogen (secondary N) is 2. The zero-order valence-electron chi connectivity index (χ0n) is 18.7. The van der Waals surface area contributed by atoms with Gasteiger partial charge in [0.25, 0.3) is 5.91 Å². The van der Waals surface area contributed by atoms with Crippen LogP contribution in [0.1, 0.15) is 15.9 Å². The van der Waals surface area contributed by atoms with Crippen LogP contribution in [-0.4, -0.2) is 30.1 Å². The summed E-state index contributed by atoms with van der Waals surface area (Å²) in [5.41, 5.74) is 3.58. The number of carbonyl (C=O) groups excluding carboxylic acids is 1. The number of carbonyl (C=O) groups is 1. The molecule has 0 aliphatic carbocycles. The molecule has 0 atom stereocenters. The van der Waals surface area contributed by atoms with Crippen molar-refractivity contribution in [2.24, 2.45) is 0 Å². The minimum absolute atomic E-state index is 0.228. The topological polar surface area (TPSA) is 85.4 Å². The summed E-state index contributed by atoms with van der Waals surface area (Å²) in [6, 6.07) is 18.6. The summed E-state index contributed by atoms with van der Waals surface area (Å²) < 4.78 is 23.7. The summed E-state index contributed by atoms with van der Waals surface area (Å²) in [5.74, 6) is 1.17. The van der Waals surface area contributed by atoms with Crippen molar-refractivity contribution in [3.63, 3.8) is 0 Å². The standard InChI is InChI=1S/C26H23FN4O3/c1-33-23-11-8-19(24(13-23)34-2)14-28-25(32)18-4-3-5-22(12-18)31-26-29-15-20(16-30-26)17-6-9-21(27)10-7-17/h3-13,15-16H,14H2,1-2H3,(H,28,32)(H,29,30,31). The Balaban J connectivity index is 1.40. The SMILES string of the molecule is COc1ccc(CNC(=O)c2cccc(Nc3ncc(-c4ccc(F)cc4)cn3)c2)c(OC)c1. The van der Waals surface area contributed by atoms with E-state index in [4.69, 9.17) is 9.47 Å². The van der Waals surface area contributed by atoms with Crippen molar-refractivity contribution in [3.05, 3.63) is 96.1 Å². The van der Waals surface area contributed by atoms with Crippen molar-refractivity contribution >= 4 is 17.5 Å². The van der Waals surface area contributed by atoms with Crippen LogP contribution in [0.2, 0.25) is 0 Å². The fourth-order valence-electron chi connectivity index (χ4n) is 3.33. The minimum atomic E-state index is -0.296. The van der Waals surface area contributed by atoms with Crippen molar-refractivity contribution in [3.8, 4) is 22.6 Å². The molecule has 0 saturated carbocycles. The van der Waals surface area contributed by atoms with Crippen molar-refractivity contribution in [1.29, 1.82) is 0 Å². The Hall–Kier alpha value is -4.46. The predicted molar refractivity (Wildman–Crippen MR) is 128 cm³/mol. The zero-order chi connectivity index (χ0) is 23.9. The van der Waals surface area contributed by atoms with Gasteiger partial charge in [-0.05, 0) is 48.0 Å². The lowest BCUT2D eigenvalue weighted by Crippen LogP contribution is -2.23. The molecule has 0 aliphatic rings. The van der Waals surface area contributed by atoms with Gasteiger partial charge in [-0.1, -0.05) is 18.2 Å². The third kappa shape index (κ3) is 5.47. The molecule has 1 heterocycles. The maximum atomic E-state index is 13.1. The fraction of sp³-hybridized carbons (Fsp3) is 0.115. The van der Waals surface area contributed by atoms with Gasteiger partial charge in [-0.25, -0.2) is 14.4 Å². The maximum absolute atomic E-state index is 13.1. The van der Waals surface area contributed by atoms with Gasteiger partial charge in [-0.3, -0.25) is 4.79 Å². The zero-order valence-corrected chi connectivity index (χ0v) is 18.7. The van der Waals surface area contributed by atoms with Crippen molar-refractivity contribution in [1.82, 2.24) is 15.3 Å². The number of nitrogens with zero attached hydrogens (tertiary/aromatic N) is 2. The number of ether oxygens (including phenoxy) is 2. The van der Waals surface area contributed by atoms with Crippen LogP contribution < -0.4 is 20.1 Å². The molecule has 0 radical (unpaired) electrons. The van der Waals surface area contributed by atoms with Crippen LogP contribution in [0.3, 0.4) is 0 Å². The number of hydrogen-bond donors (Lipinski definition) is 2. The molecular weight excluding hydrogens is 435 g/mol. The third-order valence-electron chi connectivity index (χ3n) is 5.14. The number of rotatable bonds is 8. The lowest BCUT2D eigenvalue weighted by atomic mass is 10.1. The van der Waals surface area contributed by atoms with E-state index in [1.807, 2.05) is 18.2 Å². The molecule has 0 bridgehead atoms. The van der Waals surface area contributed by atoms with Gasteiger partial charge < -0.3 is 20.1 Å². The molecule has 34 heavy (non-hydrogen) atoms. The lowest BCUT2D eigenvalue weighted by molar-refractivity contribution is 0.0950. The number of amides is 1. The van der Waals surface area contributed by atoms with Gasteiger partial charge in [0, 0.05) is 47.4 Å². The smallest absolute Gasteiger partial charge is 0.251 e. The second kappa shape index (κ2) is 10.4. The van der Waals surface area contributed by atoms with Crippen LogP contribution in [0.15, 0.2) is 79.1 Å². The van der Waals surface area contributed by atoms with E-state index >= 15 is 0 Å². The lowest BCUT2D eigenvalue weighted by Gasteiger charge is -2.12.